The zero-order valence-electron chi connectivity index (χ0n) is 18.5. The Morgan fingerprint density at radius 1 is 1.06 bits per heavy atom. The van der Waals surface area contributed by atoms with Gasteiger partial charge in [-0.25, -0.2) is 0 Å². The molecule has 1 N–H and O–H groups in total. The molecule has 2 rings (SSSR count). The molecule has 0 heterocycles. The molecule has 32 heavy (non-hydrogen) atoms. The number of hydrogen-bond donors (Lipinski definition) is 1. The van der Waals surface area contributed by atoms with E-state index in [2.05, 4.69) is 21.2 Å². The molecule has 0 aliphatic carbocycles. The van der Waals surface area contributed by atoms with Crippen LogP contribution in [0.5, 0.6) is 0 Å². The van der Waals surface area contributed by atoms with Crippen molar-refractivity contribution in [1.29, 1.82) is 0 Å². The van der Waals surface area contributed by atoms with E-state index in [1.165, 1.54) is 11.8 Å². The van der Waals surface area contributed by atoms with Crippen LogP contribution in [0.2, 0.25) is 10.0 Å². The van der Waals surface area contributed by atoms with Crippen LogP contribution in [0.3, 0.4) is 0 Å². The zero-order chi connectivity index (χ0) is 23.7. The van der Waals surface area contributed by atoms with E-state index in [0.717, 1.165) is 21.4 Å². The summed E-state index contributed by atoms with van der Waals surface area (Å²) in [5, 5.41) is 3.86. The van der Waals surface area contributed by atoms with E-state index < -0.39 is 6.04 Å². The molecule has 0 saturated carbocycles. The van der Waals surface area contributed by atoms with Gasteiger partial charge in [0.1, 0.15) is 6.04 Å². The maximum absolute atomic E-state index is 13.2. The Hall–Kier alpha value is -1.21. The molecule has 4 nitrogen and oxygen atoms in total. The second kappa shape index (κ2) is 13.5. The molecular formula is C24H29BrCl2N2O2S. The summed E-state index contributed by atoms with van der Waals surface area (Å²) in [5.74, 6) is 1.12. The Morgan fingerprint density at radius 2 is 1.72 bits per heavy atom. The van der Waals surface area contributed by atoms with Crippen LogP contribution in [0.4, 0.5) is 0 Å². The summed E-state index contributed by atoms with van der Waals surface area (Å²) in [5.41, 5.74) is 1.98. The Bertz CT molecular complexity index is 909. The fourth-order valence-electron chi connectivity index (χ4n) is 3.10. The van der Waals surface area contributed by atoms with E-state index in [4.69, 9.17) is 23.2 Å². The van der Waals surface area contributed by atoms with Crippen LogP contribution >= 0.6 is 50.9 Å². The van der Waals surface area contributed by atoms with Gasteiger partial charge in [0.2, 0.25) is 11.8 Å². The van der Waals surface area contributed by atoms with Crippen LogP contribution in [0.1, 0.15) is 38.3 Å². The summed E-state index contributed by atoms with van der Waals surface area (Å²) in [7, 11) is 0. The molecule has 2 aromatic rings. The SMILES string of the molecule is CCC(C(=O)NCC(C)C)N(Cc1ccc(Cl)c(Cl)c1)C(=O)CSCc1ccc(Br)cc1. The predicted molar refractivity (Wildman–Crippen MR) is 139 cm³/mol. The van der Waals surface area contributed by atoms with E-state index in [9.17, 15) is 9.59 Å². The number of carbonyl (C=O) groups excluding carboxylic acids is 2. The van der Waals surface area contributed by atoms with Crippen LogP contribution < -0.4 is 5.32 Å². The maximum atomic E-state index is 13.2. The minimum absolute atomic E-state index is 0.0790. The lowest BCUT2D eigenvalue weighted by molar-refractivity contribution is -0.139. The van der Waals surface area contributed by atoms with Gasteiger partial charge in [-0.1, -0.05) is 78.1 Å². The van der Waals surface area contributed by atoms with Gasteiger partial charge < -0.3 is 10.2 Å². The second-order valence-electron chi connectivity index (χ2n) is 7.95. The third kappa shape index (κ3) is 8.62. The van der Waals surface area contributed by atoms with E-state index in [1.54, 1.807) is 17.0 Å². The van der Waals surface area contributed by atoms with Crippen LogP contribution in [0, 0.1) is 5.92 Å². The monoisotopic (exact) mass is 558 g/mol. The average molecular weight is 560 g/mol. The van der Waals surface area contributed by atoms with E-state index in [0.29, 0.717) is 35.5 Å². The zero-order valence-corrected chi connectivity index (χ0v) is 22.5. The van der Waals surface area contributed by atoms with Crippen LogP contribution in [0.25, 0.3) is 0 Å². The molecule has 0 spiro atoms. The number of rotatable bonds is 11. The van der Waals surface area contributed by atoms with Crippen molar-refractivity contribution in [2.45, 2.75) is 45.5 Å². The summed E-state index contributed by atoms with van der Waals surface area (Å²) in [4.78, 5) is 27.8. The van der Waals surface area contributed by atoms with Gasteiger partial charge in [-0.3, -0.25) is 9.59 Å². The van der Waals surface area contributed by atoms with Crippen molar-refractivity contribution in [3.8, 4) is 0 Å². The van der Waals surface area contributed by atoms with Crippen LogP contribution in [0.15, 0.2) is 46.9 Å². The van der Waals surface area contributed by atoms with Gasteiger partial charge in [-0.05, 0) is 47.7 Å². The van der Waals surface area contributed by atoms with Crippen molar-refractivity contribution < 1.29 is 9.59 Å². The maximum Gasteiger partial charge on any atom is 0.242 e. The molecular weight excluding hydrogens is 531 g/mol. The molecule has 0 bridgehead atoms. The highest BCUT2D eigenvalue weighted by Crippen LogP contribution is 2.25. The Labute approximate surface area is 213 Å². The molecule has 0 aliphatic rings. The van der Waals surface area contributed by atoms with Gasteiger partial charge in [0.15, 0.2) is 0 Å². The Balaban J connectivity index is 2.14. The van der Waals surface area contributed by atoms with Crippen LogP contribution in [-0.4, -0.2) is 35.1 Å². The average Bonchev–Trinajstić information content (AvgIpc) is 2.75. The first kappa shape index (κ1) is 27.0. The second-order valence-corrected chi connectivity index (χ2v) is 10.7. The summed E-state index contributed by atoms with van der Waals surface area (Å²) in [6.07, 6.45) is 0.522. The molecule has 0 aliphatic heterocycles. The molecule has 2 amide bonds. The fourth-order valence-corrected chi connectivity index (χ4v) is 4.55. The Kier molecular flexibility index (Phi) is 11.4. The van der Waals surface area contributed by atoms with E-state index in [-0.39, 0.29) is 17.6 Å². The van der Waals surface area contributed by atoms with Crippen molar-refractivity contribution in [2.75, 3.05) is 12.3 Å². The highest BCUT2D eigenvalue weighted by atomic mass is 79.9. The summed E-state index contributed by atoms with van der Waals surface area (Å²) >= 11 is 17.2. The number of halogens is 3. The molecule has 0 saturated heterocycles. The third-order valence-corrected chi connectivity index (χ3v) is 7.07. The van der Waals surface area contributed by atoms with Gasteiger partial charge >= 0.3 is 0 Å². The number of amides is 2. The molecule has 1 atom stereocenters. The summed E-state index contributed by atoms with van der Waals surface area (Å²) < 4.78 is 1.02. The first-order chi connectivity index (χ1) is 15.2. The van der Waals surface area contributed by atoms with Crippen molar-refractivity contribution in [1.82, 2.24) is 10.2 Å². The highest BCUT2D eigenvalue weighted by molar-refractivity contribution is 9.10. The van der Waals surface area contributed by atoms with Gasteiger partial charge in [-0.15, -0.1) is 11.8 Å². The first-order valence-corrected chi connectivity index (χ1v) is 13.2. The minimum atomic E-state index is -0.552. The molecule has 174 valence electrons. The Morgan fingerprint density at radius 3 is 2.31 bits per heavy atom. The lowest BCUT2D eigenvalue weighted by Gasteiger charge is -2.31. The number of carbonyl (C=O) groups is 2. The van der Waals surface area contributed by atoms with Crippen molar-refractivity contribution in [3.63, 3.8) is 0 Å². The first-order valence-electron chi connectivity index (χ1n) is 10.5. The van der Waals surface area contributed by atoms with E-state index >= 15 is 0 Å². The smallest absolute Gasteiger partial charge is 0.242 e. The number of nitrogens with one attached hydrogen (secondary N) is 1. The highest BCUT2D eigenvalue weighted by Gasteiger charge is 2.28. The number of benzene rings is 2. The molecule has 0 radical (unpaired) electrons. The standard InChI is InChI=1S/C24H29BrCl2N2O2S/c1-4-22(24(31)28-12-16(2)3)29(13-18-7-10-20(26)21(27)11-18)23(30)15-32-14-17-5-8-19(25)9-6-17/h5-11,16,22H,4,12-15H2,1-3H3,(H,28,31). The van der Waals surface area contributed by atoms with Crippen molar-refractivity contribution in [2.24, 2.45) is 5.92 Å². The van der Waals surface area contributed by atoms with E-state index in [1.807, 2.05) is 51.1 Å². The molecule has 1 unspecified atom stereocenters. The lowest BCUT2D eigenvalue weighted by Crippen LogP contribution is -2.50. The lowest BCUT2D eigenvalue weighted by atomic mass is 10.1. The third-order valence-electron chi connectivity index (χ3n) is 4.81. The largest absolute Gasteiger partial charge is 0.354 e. The fraction of sp³-hybridized carbons (Fsp3) is 0.417. The minimum Gasteiger partial charge on any atom is -0.354 e. The van der Waals surface area contributed by atoms with Crippen molar-refractivity contribution in [3.05, 3.63) is 68.1 Å². The van der Waals surface area contributed by atoms with Crippen LogP contribution in [-0.2, 0) is 21.9 Å². The molecule has 2 aromatic carbocycles. The number of hydrogen-bond acceptors (Lipinski definition) is 3. The molecule has 8 heteroatoms. The quantitative estimate of drug-likeness (QED) is 0.339. The predicted octanol–water partition coefficient (Wildman–Crippen LogP) is 6.57. The number of nitrogens with zero attached hydrogens (tertiary/aromatic N) is 1. The van der Waals surface area contributed by atoms with Crippen molar-refractivity contribution >= 4 is 62.7 Å². The van der Waals surface area contributed by atoms with Gasteiger partial charge in [0, 0.05) is 23.3 Å². The molecule has 0 fully saturated rings. The number of thioether (sulfide) groups is 1. The normalized spacial score (nSPS) is 12.0. The summed E-state index contributed by atoms with van der Waals surface area (Å²) in [6.45, 7) is 6.87. The van der Waals surface area contributed by atoms with Gasteiger partial charge in [0.05, 0.1) is 15.8 Å². The van der Waals surface area contributed by atoms with Gasteiger partial charge in [-0.2, -0.15) is 0 Å². The molecule has 0 aromatic heterocycles. The summed E-state index contributed by atoms with van der Waals surface area (Å²) in [6, 6.07) is 12.8. The van der Waals surface area contributed by atoms with Gasteiger partial charge in [0.25, 0.3) is 0 Å². The topological polar surface area (TPSA) is 49.4 Å².